The van der Waals surface area contributed by atoms with Crippen LogP contribution in [0, 0.1) is 6.92 Å². The van der Waals surface area contributed by atoms with Gasteiger partial charge in [0.2, 0.25) is 5.91 Å². The molecule has 0 heterocycles. The Kier molecular flexibility index (Phi) is 11.9. The van der Waals surface area contributed by atoms with E-state index in [4.69, 9.17) is 0 Å². The molecule has 2 amide bonds. The number of carbonyl (C=O) groups is 2. The first kappa shape index (κ1) is 28.3. The van der Waals surface area contributed by atoms with Crippen molar-refractivity contribution in [2.24, 2.45) is 4.99 Å². The minimum absolute atomic E-state index is 0.000393. The summed E-state index contributed by atoms with van der Waals surface area (Å²) >= 11 is 0. The minimum atomic E-state index is -0.205. The van der Waals surface area contributed by atoms with Crippen LogP contribution in [0.1, 0.15) is 61.5 Å². The number of allylic oxidation sites excluding steroid dienone is 2. The minimum Gasteiger partial charge on any atom is -0.356 e. The van der Waals surface area contributed by atoms with Crippen molar-refractivity contribution in [3.05, 3.63) is 87.8 Å². The third-order valence-electron chi connectivity index (χ3n) is 5.67. The Morgan fingerprint density at radius 1 is 1.00 bits per heavy atom. The number of amides is 2. The number of hydrazine groups is 1. The normalized spacial score (nSPS) is 12.6. The number of hydrogen-bond donors (Lipinski definition) is 3. The maximum Gasteiger partial charge on any atom is 0.269 e. The molecule has 2 aromatic carbocycles. The molecule has 3 N–H and O–H groups in total. The van der Waals surface area contributed by atoms with Gasteiger partial charge < -0.3 is 5.32 Å². The van der Waals surface area contributed by atoms with Crippen molar-refractivity contribution in [2.75, 3.05) is 13.1 Å². The van der Waals surface area contributed by atoms with E-state index in [0.717, 1.165) is 16.7 Å². The Hall–Kier alpha value is -3.93. The number of amidine groups is 1. The first-order chi connectivity index (χ1) is 17.3. The van der Waals surface area contributed by atoms with Crippen molar-refractivity contribution in [1.29, 1.82) is 0 Å². The van der Waals surface area contributed by atoms with Crippen LogP contribution in [0.5, 0.6) is 0 Å². The molecule has 6 nitrogen and oxygen atoms in total. The lowest BCUT2D eigenvalue weighted by atomic mass is 10.1. The molecule has 0 atom stereocenters. The third-order valence-corrected chi connectivity index (χ3v) is 5.67. The fourth-order valence-electron chi connectivity index (χ4n) is 3.51. The summed E-state index contributed by atoms with van der Waals surface area (Å²) in [4.78, 5) is 28.7. The van der Waals surface area contributed by atoms with E-state index in [1.807, 2.05) is 51.1 Å². The predicted octanol–water partition coefficient (Wildman–Crippen LogP) is 3.80. The highest BCUT2D eigenvalue weighted by Gasteiger charge is 2.07. The molecule has 0 radical (unpaired) electrons. The second-order valence-corrected chi connectivity index (χ2v) is 8.52. The van der Waals surface area contributed by atoms with E-state index < -0.39 is 0 Å². The molecule has 0 aliphatic carbocycles. The standard InChI is InChI=1S/C30H38N4O2/c1-6-26-17-16-25(21-27(26)7-2)15-13-22(3)14-18-29(35)32-20-10-19-31-24(5)33-34-30(36)28-12-9-8-11-23(28)4/h6-9,11-13,15-17,21H,3,10,14,18-20H2,1-2,4-5H3,(H,31,33)(H,32,35)(H,34,36)/b15-13+,26-6-,27-7-. The molecule has 0 aliphatic rings. The molecule has 6 heteroatoms. The second kappa shape index (κ2) is 15.1. The van der Waals surface area contributed by atoms with Crippen LogP contribution in [-0.4, -0.2) is 30.7 Å². The molecule has 36 heavy (non-hydrogen) atoms. The smallest absolute Gasteiger partial charge is 0.269 e. The van der Waals surface area contributed by atoms with E-state index in [9.17, 15) is 9.59 Å². The van der Waals surface area contributed by atoms with Crippen LogP contribution >= 0.6 is 0 Å². The molecule has 0 spiro atoms. The van der Waals surface area contributed by atoms with Gasteiger partial charge in [0.15, 0.2) is 0 Å². The fraction of sp³-hybridized carbons (Fsp3) is 0.300. The van der Waals surface area contributed by atoms with Crippen molar-refractivity contribution in [2.45, 2.75) is 47.0 Å². The monoisotopic (exact) mass is 486 g/mol. The highest BCUT2D eigenvalue weighted by Crippen LogP contribution is 2.08. The molecule has 0 saturated carbocycles. The zero-order valence-electron chi connectivity index (χ0n) is 21.9. The van der Waals surface area contributed by atoms with Gasteiger partial charge >= 0.3 is 0 Å². The van der Waals surface area contributed by atoms with Crippen LogP contribution in [-0.2, 0) is 4.79 Å². The molecule has 0 saturated heterocycles. The summed E-state index contributed by atoms with van der Waals surface area (Å²) in [5.74, 6) is 0.404. The number of hydrogen-bond acceptors (Lipinski definition) is 3. The molecule has 2 rings (SSSR count). The van der Waals surface area contributed by atoms with Crippen molar-refractivity contribution >= 4 is 35.9 Å². The van der Waals surface area contributed by atoms with Crippen LogP contribution in [0.4, 0.5) is 0 Å². The van der Waals surface area contributed by atoms with Gasteiger partial charge in [-0.15, -0.1) is 0 Å². The Labute approximate surface area is 214 Å². The highest BCUT2D eigenvalue weighted by molar-refractivity contribution is 5.96. The Morgan fingerprint density at radius 2 is 1.75 bits per heavy atom. The van der Waals surface area contributed by atoms with Crippen LogP contribution in [0.2, 0.25) is 0 Å². The average Bonchev–Trinajstić information content (AvgIpc) is 2.89. The van der Waals surface area contributed by atoms with Crippen LogP contribution in [0.3, 0.4) is 0 Å². The van der Waals surface area contributed by atoms with Gasteiger partial charge in [-0.25, -0.2) is 0 Å². The topological polar surface area (TPSA) is 82.6 Å². The summed E-state index contributed by atoms with van der Waals surface area (Å²) in [6, 6.07) is 13.7. The first-order valence-electron chi connectivity index (χ1n) is 12.3. The van der Waals surface area contributed by atoms with Crippen molar-refractivity contribution in [3.63, 3.8) is 0 Å². The van der Waals surface area contributed by atoms with Crippen LogP contribution < -0.4 is 26.6 Å². The molecule has 0 bridgehead atoms. The van der Waals surface area contributed by atoms with Gasteiger partial charge in [0, 0.05) is 25.1 Å². The van der Waals surface area contributed by atoms with Crippen molar-refractivity contribution < 1.29 is 9.59 Å². The van der Waals surface area contributed by atoms with Gasteiger partial charge in [0.1, 0.15) is 5.84 Å². The largest absolute Gasteiger partial charge is 0.356 e. The van der Waals surface area contributed by atoms with Gasteiger partial charge in [0.25, 0.3) is 5.91 Å². The summed E-state index contributed by atoms with van der Waals surface area (Å²) < 4.78 is 0. The lowest BCUT2D eigenvalue weighted by Gasteiger charge is -2.10. The van der Waals surface area contributed by atoms with E-state index in [1.54, 1.807) is 13.0 Å². The number of nitrogens with one attached hydrogen (secondary N) is 3. The van der Waals surface area contributed by atoms with E-state index in [-0.39, 0.29) is 11.8 Å². The van der Waals surface area contributed by atoms with E-state index in [1.165, 1.54) is 10.4 Å². The van der Waals surface area contributed by atoms with Gasteiger partial charge in [0.05, 0.1) is 0 Å². The molecule has 0 aromatic heterocycles. The summed E-state index contributed by atoms with van der Waals surface area (Å²) in [6.07, 6.45) is 9.91. The van der Waals surface area contributed by atoms with Crippen LogP contribution in [0.15, 0.2) is 65.7 Å². The highest BCUT2D eigenvalue weighted by atomic mass is 16.2. The van der Waals surface area contributed by atoms with Crippen LogP contribution in [0.25, 0.3) is 18.2 Å². The summed E-state index contributed by atoms with van der Waals surface area (Å²) in [6.45, 7) is 12.9. The maximum atomic E-state index is 12.2. The number of nitrogens with zero attached hydrogens (tertiary/aromatic N) is 1. The number of carbonyl (C=O) groups excluding carboxylic acids is 2. The molecular formula is C30H38N4O2. The number of benzene rings is 2. The first-order valence-corrected chi connectivity index (χ1v) is 12.3. The van der Waals surface area contributed by atoms with Gasteiger partial charge in [-0.2, -0.15) is 0 Å². The molecule has 0 aliphatic heterocycles. The molecule has 2 aromatic rings. The lowest BCUT2D eigenvalue weighted by Crippen LogP contribution is -2.40. The third kappa shape index (κ3) is 9.74. The molecular weight excluding hydrogens is 448 g/mol. The Morgan fingerprint density at radius 3 is 2.47 bits per heavy atom. The summed E-state index contributed by atoms with van der Waals surface area (Å²) in [7, 11) is 0. The van der Waals surface area contributed by atoms with Gasteiger partial charge in [-0.3, -0.25) is 25.4 Å². The Bertz CT molecular complexity index is 1240. The number of aryl methyl sites for hydroxylation is 1. The SMILES string of the molecule is C=C(/C=C/c1ccc(=C/C)/c(=C\C)c1)CCC(=O)NCCCN=C(C)NNC(=O)c1ccccc1C. The lowest BCUT2D eigenvalue weighted by molar-refractivity contribution is -0.121. The number of aliphatic imine (C=N–C) groups is 1. The molecule has 190 valence electrons. The predicted molar refractivity (Wildman–Crippen MR) is 151 cm³/mol. The second-order valence-electron chi connectivity index (χ2n) is 8.52. The average molecular weight is 487 g/mol. The van der Waals surface area contributed by atoms with Gasteiger partial charge in [-0.05, 0) is 74.2 Å². The molecule has 0 unspecified atom stereocenters. The Balaban J connectivity index is 1.64. The zero-order valence-corrected chi connectivity index (χ0v) is 21.9. The van der Waals surface area contributed by atoms with E-state index in [2.05, 4.69) is 58.1 Å². The maximum absolute atomic E-state index is 12.2. The van der Waals surface area contributed by atoms with Gasteiger partial charge in [-0.1, -0.05) is 66.8 Å². The quantitative estimate of drug-likeness (QED) is 0.157. The van der Waals surface area contributed by atoms with Crippen molar-refractivity contribution in [3.8, 4) is 0 Å². The summed E-state index contributed by atoms with van der Waals surface area (Å²) in [5.41, 5.74) is 9.02. The number of rotatable bonds is 10. The summed E-state index contributed by atoms with van der Waals surface area (Å²) in [5, 5.41) is 5.34. The zero-order chi connectivity index (χ0) is 26.3. The molecule has 0 fully saturated rings. The van der Waals surface area contributed by atoms with E-state index >= 15 is 0 Å². The van der Waals surface area contributed by atoms with Crippen molar-refractivity contribution in [1.82, 2.24) is 16.2 Å². The fourth-order valence-corrected chi connectivity index (χ4v) is 3.51. The van der Waals surface area contributed by atoms with E-state index in [0.29, 0.717) is 43.8 Å².